The molecule has 8 heteroatoms. The number of ether oxygens (including phenoxy) is 2. The number of hydrogen-bond acceptors (Lipinski definition) is 6. The molecule has 1 saturated carbocycles. The minimum atomic E-state index is -0.0551. The van der Waals surface area contributed by atoms with Crippen LogP contribution < -0.4 is 20.1 Å². The quantitative estimate of drug-likeness (QED) is 0.424. The summed E-state index contributed by atoms with van der Waals surface area (Å²) in [5, 5.41) is 6.18. The standard InChI is InChI=1S/C19H21N4O3Se/c1-10(19(27)21-3)14-16(17(20-2)23-18(24)11-8-9-11)26-13-7-5-6-12(25-4)15(13)22-14/h5-7,11,22H,1,8-9H2,2-4H3,(H,20,23,24). The third-order valence-electron chi connectivity index (χ3n) is 4.29. The van der Waals surface area contributed by atoms with Gasteiger partial charge in [0.1, 0.15) is 0 Å². The number of methoxy groups -OCH3 is 1. The molecule has 1 heterocycles. The fourth-order valence-electron chi connectivity index (χ4n) is 2.63. The van der Waals surface area contributed by atoms with E-state index in [0.29, 0.717) is 44.7 Å². The Labute approximate surface area is 166 Å². The summed E-state index contributed by atoms with van der Waals surface area (Å²) in [4.78, 5) is 20.7. The normalized spacial score (nSPS) is 16.9. The number of amidine groups is 1. The summed E-state index contributed by atoms with van der Waals surface area (Å²) in [5.74, 6) is 1.91. The van der Waals surface area contributed by atoms with E-state index < -0.39 is 0 Å². The van der Waals surface area contributed by atoms with Gasteiger partial charge < -0.3 is 0 Å². The van der Waals surface area contributed by atoms with Crippen molar-refractivity contribution in [1.82, 2.24) is 5.32 Å². The molecule has 1 aliphatic carbocycles. The van der Waals surface area contributed by atoms with E-state index in [4.69, 9.17) is 9.47 Å². The molecule has 0 saturated heterocycles. The molecule has 0 aromatic heterocycles. The van der Waals surface area contributed by atoms with Gasteiger partial charge in [0.2, 0.25) is 0 Å². The zero-order chi connectivity index (χ0) is 19.6. The van der Waals surface area contributed by atoms with Gasteiger partial charge in [0.15, 0.2) is 0 Å². The number of amides is 1. The molecule has 1 aromatic rings. The summed E-state index contributed by atoms with van der Waals surface area (Å²) in [6.07, 6.45) is 1.80. The molecular formula is C19H21N4O3Se. The molecule has 3 rings (SSSR count). The Morgan fingerprint density at radius 1 is 1.37 bits per heavy atom. The van der Waals surface area contributed by atoms with Crippen LogP contribution in [0.25, 0.3) is 0 Å². The Bertz CT molecular complexity index is 885. The molecule has 7 nitrogen and oxygen atoms in total. The van der Waals surface area contributed by atoms with E-state index in [2.05, 4.69) is 43.2 Å². The van der Waals surface area contributed by atoms with Crippen molar-refractivity contribution in [3.8, 4) is 11.5 Å². The van der Waals surface area contributed by atoms with Crippen LogP contribution in [0, 0.1) is 5.92 Å². The number of carbonyl (C=O) groups excluding carboxylic acids is 1. The van der Waals surface area contributed by atoms with E-state index in [-0.39, 0.29) is 11.8 Å². The van der Waals surface area contributed by atoms with E-state index in [1.807, 2.05) is 18.2 Å². The zero-order valence-corrected chi connectivity index (χ0v) is 17.2. The molecule has 0 bridgehead atoms. The van der Waals surface area contributed by atoms with Gasteiger partial charge in [-0.1, -0.05) is 0 Å². The Morgan fingerprint density at radius 3 is 2.70 bits per heavy atom. The Balaban J connectivity index is 2.05. The molecule has 141 valence electrons. The van der Waals surface area contributed by atoms with Crippen LogP contribution in [0.15, 0.2) is 51.8 Å². The van der Waals surface area contributed by atoms with Gasteiger partial charge in [-0.25, -0.2) is 0 Å². The fraction of sp³-hybridized carbons (Fsp3) is 0.316. The number of allylic oxidation sites excluding steroid dienone is 1. The average molecular weight is 432 g/mol. The third kappa shape index (κ3) is 3.91. The van der Waals surface area contributed by atoms with Crippen LogP contribution in [0.1, 0.15) is 12.8 Å². The zero-order valence-electron chi connectivity index (χ0n) is 15.5. The summed E-state index contributed by atoms with van der Waals surface area (Å²) in [6.45, 7) is 4.10. The predicted molar refractivity (Wildman–Crippen MR) is 107 cm³/mol. The first kappa shape index (κ1) is 19.2. The number of aliphatic imine (C=N–C) groups is 2. The van der Waals surface area contributed by atoms with Gasteiger partial charge in [0, 0.05) is 0 Å². The minimum absolute atomic E-state index is 0.0465. The molecule has 2 aliphatic rings. The van der Waals surface area contributed by atoms with Gasteiger partial charge in [0.25, 0.3) is 0 Å². The van der Waals surface area contributed by atoms with Crippen LogP contribution in [0.5, 0.6) is 11.5 Å². The first-order chi connectivity index (χ1) is 13.0. The third-order valence-corrected chi connectivity index (χ3v) is 5.19. The molecule has 1 aromatic carbocycles. The number of benzene rings is 1. The van der Waals surface area contributed by atoms with E-state index in [1.54, 1.807) is 21.2 Å². The number of rotatable bonds is 5. The van der Waals surface area contributed by atoms with Crippen molar-refractivity contribution >= 4 is 38.1 Å². The SMILES string of the molecule is C=C(C([Se])=NC)C1=C(C(=NC)NC(=O)C2CC2)Oc2cccc(OC)c2N1. The van der Waals surface area contributed by atoms with Crippen molar-refractivity contribution in [3.63, 3.8) is 0 Å². The van der Waals surface area contributed by atoms with E-state index in [0.717, 1.165) is 12.8 Å². The number of para-hydroxylation sites is 1. The number of nitrogens with zero attached hydrogens (tertiary/aromatic N) is 2. The molecular weight excluding hydrogens is 411 g/mol. The molecule has 1 aliphatic heterocycles. The second-order valence-electron chi connectivity index (χ2n) is 6.11. The Morgan fingerprint density at radius 2 is 2.11 bits per heavy atom. The van der Waals surface area contributed by atoms with Gasteiger partial charge in [-0.05, 0) is 0 Å². The van der Waals surface area contributed by atoms with Crippen LogP contribution in [0.2, 0.25) is 0 Å². The molecule has 1 fully saturated rings. The van der Waals surface area contributed by atoms with Crippen molar-refractivity contribution in [1.29, 1.82) is 0 Å². The van der Waals surface area contributed by atoms with Crippen molar-refractivity contribution in [2.75, 3.05) is 26.5 Å². The number of anilines is 1. The maximum absolute atomic E-state index is 12.3. The number of hydrogen-bond donors (Lipinski definition) is 2. The Kier molecular flexibility index (Phi) is 5.68. The summed E-state index contributed by atoms with van der Waals surface area (Å²) in [6, 6.07) is 5.47. The molecule has 1 amide bonds. The molecule has 1 radical (unpaired) electrons. The molecule has 27 heavy (non-hydrogen) atoms. The van der Waals surface area contributed by atoms with E-state index in [1.165, 1.54) is 0 Å². The fourth-order valence-corrected chi connectivity index (χ4v) is 2.85. The monoisotopic (exact) mass is 433 g/mol. The predicted octanol–water partition coefficient (Wildman–Crippen LogP) is 2.02. The molecule has 2 N–H and O–H groups in total. The second-order valence-corrected chi connectivity index (χ2v) is 6.92. The summed E-state index contributed by atoms with van der Waals surface area (Å²) < 4.78 is 12.2. The van der Waals surface area contributed by atoms with Crippen molar-refractivity contribution < 1.29 is 14.3 Å². The number of nitrogens with one attached hydrogen (secondary N) is 2. The van der Waals surface area contributed by atoms with Crippen LogP contribution in [0.4, 0.5) is 5.69 Å². The molecule has 0 atom stereocenters. The van der Waals surface area contributed by atoms with Crippen molar-refractivity contribution in [2.45, 2.75) is 12.8 Å². The molecule has 0 unspecified atom stereocenters. The number of fused-ring (bicyclic) bond motifs is 1. The summed E-state index contributed by atoms with van der Waals surface area (Å²) in [7, 11) is 4.86. The van der Waals surface area contributed by atoms with Crippen LogP contribution in [-0.2, 0) is 4.79 Å². The van der Waals surface area contributed by atoms with Crippen LogP contribution in [0.3, 0.4) is 0 Å². The topological polar surface area (TPSA) is 84.3 Å². The van der Waals surface area contributed by atoms with Gasteiger partial charge in [-0.3, -0.25) is 0 Å². The van der Waals surface area contributed by atoms with Crippen molar-refractivity contribution in [3.05, 3.63) is 41.8 Å². The van der Waals surface area contributed by atoms with Gasteiger partial charge in [-0.15, -0.1) is 0 Å². The van der Waals surface area contributed by atoms with Gasteiger partial charge >= 0.3 is 166 Å². The van der Waals surface area contributed by atoms with Crippen LogP contribution >= 0.6 is 0 Å². The molecule has 0 spiro atoms. The second kappa shape index (κ2) is 7.98. The number of carbonyl (C=O) groups is 1. The summed E-state index contributed by atoms with van der Waals surface area (Å²) in [5.41, 5.74) is 1.82. The maximum atomic E-state index is 12.3. The first-order valence-electron chi connectivity index (χ1n) is 8.47. The van der Waals surface area contributed by atoms with Crippen molar-refractivity contribution in [2.24, 2.45) is 15.9 Å². The Hall–Kier alpha value is -2.57. The van der Waals surface area contributed by atoms with Gasteiger partial charge in [0.05, 0.1) is 0 Å². The summed E-state index contributed by atoms with van der Waals surface area (Å²) >= 11 is 2.89. The van der Waals surface area contributed by atoms with E-state index >= 15 is 0 Å². The first-order valence-corrected chi connectivity index (χ1v) is 9.33. The van der Waals surface area contributed by atoms with Crippen LogP contribution in [-0.4, -0.2) is 53.6 Å². The van der Waals surface area contributed by atoms with Gasteiger partial charge in [-0.2, -0.15) is 0 Å². The average Bonchev–Trinajstić information content (AvgIpc) is 3.54. The van der Waals surface area contributed by atoms with E-state index in [9.17, 15) is 4.79 Å².